The number of pyridine rings is 1. The molecule has 33 heavy (non-hydrogen) atoms. The van der Waals surface area contributed by atoms with Crippen molar-refractivity contribution in [2.75, 3.05) is 11.4 Å². The van der Waals surface area contributed by atoms with E-state index in [0.717, 1.165) is 30.0 Å². The maximum Gasteiger partial charge on any atom is 0.269 e. The van der Waals surface area contributed by atoms with Gasteiger partial charge in [-0.25, -0.2) is 4.98 Å². The number of primary amides is 1. The number of aryl methyl sites for hydroxylation is 1. The number of rotatable bonds is 4. The summed E-state index contributed by atoms with van der Waals surface area (Å²) in [4.78, 5) is 33.6. The van der Waals surface area contributed by atoms with Gasteiger partial charge in [0.1, 0.15) is 5.82 Å². The van der Waals surface area contributed by atoms with Crippen LogP contribution in [-0.2, 0) is 26.1 Å². The minimum atomic E-state index is -0.511. The Morgan fingerprint density at radius 1 is 1.06 bits per heavy atom. The SMILES string of the molecule is Cc1cccc2c1CN(C(=O)c1ccc(N3CCc4c(c(C(N)=O)nn4C(C)C)C3)nc1)C2. The van der Waals surface area contributed by atoms with Gasteiger partial charge in [0.05, 0.1) is 5.56 Å². The molecule has 0 unspecified atom stereocenters. The van der Waals surface area contributed by atoms with E-state index in [1.807, 2.05) is 41.6 Å². The van der Waals surface area contributed by atoms with E-state index < -0.39 is 5.91 Å². The second-order valence-electron chi connectivity index (χ2n) is 9.13. The van der Waals surface area contributed by atoms with Crippen molar-refractivity contribution in [2.24, 2.45) is 5.73 Å². The number of aromatic nitrogens is 3. The Morgan fingerprint density at radius 2 is 1.88 bits per heavy atom. The molecule has 2 aromatic heterocycles. The first kappa shape index (κ1) is 21.2. The molecule has 0 saturated carbocycles. The van der Waals surface area contributed by atoms with Crippen LogP contribution in [0.1, 0.15) is 68.7 Å². The number of hydrogen-bond donors (Lipinski definition) is 1. The Bertz CT molecular complexity index is 1240. The highest BCUT2D eigenvalue weighted by Gasteiger charge is 2.29. The maximum absolute atomic E-state index is 13.1. The van der Waals surface area contributed by atoms with Crippen LogP contribution in [0, 0.1) is 6.92 Å². The third-order valence-electron chi connectivity index (χ3n) is 6.63. The molecule has 0 spiro atoms. The summed E-state index contributed by atoms with van der Waals surface area (Å²) in [7, 11) is 0. The summed E-state index contributed by atoms with van der Waals surface area (Å²) in [5.41, 5.74) is 12.1. The lowest BCUT2D eigenvalue weighted by Crippen LogP contribution is -2.33. The van der Waals surface area contributed by atoms with Gasteiger partial charge in [-0.2, -0.15) is 5.10 Å². The van der Waals surface area contributed by atoms with Crippen molar-refractivity contribution in [3.63, 3.8) is 0 Å². The molecule has 2 N–H and O–H groups in total. The molecule has 2 aliphatic heterocycles. The fourth-order valence-corrected chi connectivity index (χ4v) is 4.88. The molecule has 0 aliphatic carbocycles. The van der Waals surface area contributed by atoms with Crippen LogP contribution in [0.2, 0.25) is 0 Å². The number of nitrogens with zero attached hydrogens (tertiary/aromatic N) is 5. The van der Waals surface area contributed by atoms with Gasteiger partial charge in [0.2, 0.25) is 0 Å². The predicted molar refractivity (Wildman–Crippen MR) is 125 cm³/mol. The zero-order valence-electron chi connectivity index (χ0n) is 19.2. The van der Waals surface area contributed by atoms with Crippen LogP contribution in [-0.4, -0.2) is 38.0 Å². The third-order valence-corrected chi connectivity index (χ3v) is 6.63. The average Bonchev–Trinajstić information content (AvgIpc) is 3.41. The molecule has 8 nitrogen and oxygen atoms in total. The second-order valence-corrected chi connectivity index (χ2v) is 9.13. The molecule has 3 aromatic rings. The zero-order chi connectivity index (χ0) is 23.3. The third kappa shape index (κ3) is 3.65. The number of benzene rings is 1. The number of fused-ring (bicyclic) bond motifs is 2. The van der Waals surface area contributed by atoms with E-state index in [4.69, 9.17) is 5.73 Å². The molecule has 8 heteroatoms. The second kappa shape index (κ2) is 8.03. The number of carbonyl (C=O) groups excluding carboxylic acids is 2. The molecule has 0 saturated heterocycles. The summed E-state index contributed by atoms with van der Waals surface area (Å²) >= 11 is 0. The van der Waals surface area contributed by atoms with Gasteiger partial charge in [0.15, 0.2) is 5.69 Å². The predicted octanol–water partition coefficient (Wildman–Crippen LogP) is 2.99. The van der Waals surface area contributed by atoms with Gasteiger partial charge in [-0.1, -0.05) is 18.2 Å². The average molecular weight is 445 g/mol. The van der Waals surface area contributed by atoms with E-state index in [2.05, 4.69) is 34.0 Å². The normalized spacial score (nSPS) is 15.0. The first-order chi connectivity index (χ1) is 15.8. The summed E-state index contributed by atoms with van der Waals surface area (Å²) in [6, 6.07) is 10.1. The standard InChI is InChI=1S/C25H28N6O2/c1-15(2)31-21-9-10-29(14-20(21)23(28-31)24(26)32)22-8-7-17(11-27-22)25(33)30-12-18-6-4-5-16(3)19(18)13-30/h4-8,11,15H,9-10,12-14H2,1-3H3,(H2,26,32). The first-order valence-electron chi connectivity index (χ1n) is 11.3. The number of nitrogens with two attached hydrogens (primary N) is 1. The Labute approximate surface area is 193 Å². The van der Waals surface area contributed by atoms with Gasteiger partial charge in [0, 0.05) is 56.1 Å². The van der Waals surface area contributed by atoms with Gasteiger partial charge in [0.25, 0.3) is 11.8 Å². The van der Waals surface area contributed by atoms with E-state index in [1.165, 1.54) is 16.7 Å². The fraction of sp³-hybridized carbons (Fsp3) is 0.360. The summed E-state index contributed by atoms with van der Waals surface area (Å²) in [6.07, 6.45) is 2.40. The molecule has 0 atom stereocenters. The van der Waals surface area contributed by atoms with E-state index >= 15 is 0 Å². The maximum atomic E-state index is 13.1. The summed E-state index contributed by atoms with van der Waals surface area (Å²) in [6.45, 7) is 8.70. The zero-order valence-corrected chi connectivity index (χ0v) is 19.2. The van der Waals surface area contributed by atoms with Crippen LogP contribution in [0.5, 0.6) is 0 Å². The van der Waals surface area contributed by atoms with Crippen molar-refractivity contribution >= 4 is 17.6 Å². The van der Waals surface area contributed by atoms with Gasteiger partial charge in [-0.05, 0) is 49.6 Å². The van der Waals surface area contributed by atoms with Crippen molar-refractivity contribution in [3.05, 3.63) is 75.7 Å². The first-order valence-corrected chi connectivity index (χ1v) is 11.3. The number of anilines is 1. The molecule has 0 radical (unpaired) electrons. The topological polar surface area (TPSA) is 97.4 Å². The van der Waals surface area contributed by atoms with Crippen molar-refractivity contribution in [2.45, 2.75) is 52.9 Å². The molecular weight excluding hydrogens is 416 g/mol. The molecule has 4 heterocycles. The van der Waals surface area contributed by atoms with Gasteiger partial charge >= 0.3 is 0 Å². The number of amides is 2. The Morgan fingerprint density at radius 3 is 2.55 bits per heavy atom. The van der Waals surface area contributed by atoms with Crippen LogP contribution >= 0.6 is 0 Å². The van der Waals surface area contributed by atoms with Crippen molar-refractivity contribution in [3.8, 4) is 0 Å². The van der Waals surface area contributed by atoms with E-state index in [-0.39, 0.29) is 11.9 Å². The van der Waals surface area contributed by atoms with Crippen molar-refractivity contribution in [1.82, 2.24) is 19.7 Å². The van der Waals surface area contributed by atoms with Crippen LogP contribution < -0.4 is 10.6 Å². The highest BCUT2D eigenvalue weighted by molar-refractivity contribution is 5.94. The smallest absolute Gasteiger partial charge is 0.269 e. The fourth-order valence-electron chi connectivity index (χ4n) is 4.88. The van der Waals surface area contributed by atoms with Crippen molar-refractivity contribution < 1.29 is 9.59 Å². The largest absolute Gasteiger partial charge is 0.364 e. The Hall–Kier alpha value is -3.68. The molecule has 1 aromatic carbocycles. The lowest BCUT2D eigenvalue weighted by molar-refractivity contribution is 0.0750. The van der Waals surface area contributed by atoms with Crippen LogP contribution in [0.15, 0.2) is 36.5 Å². The highest BCUT2D eigenvalue weighted by Crippen LogP contribution is 2.29. The lowest BCUT2D eigenvalue weighted by Gasteiger charge is -2.29. The molecule has 170 valence electrons. The number of hydrogen-bond acceptors (Lipinski definition) is 5. The van der Waals surface area contributed by atoms with Crippen LogP contribution in [0.25, 0.3) is 0 Å². The van der Waals surface area contributed by atoms with Crippen molar-refractivity contribution in [1.29, 1.82) is 0 Å². The van der Waals surface area contributed by atoms with Gasteiger partial charge in [-0.3, -0.25) is 14.3 Å². The highest BCUT2D eigenvalue weighted by atomic mass is 16.2. The molecule has 0 bridgehead atoms. The van der Waals surface area contributed by atoms with Gasteiger partial charge in [-0.15, -0.1) is 0 Å². The van der Waals surface area contributed by atoms with E-state index in [0.29, 0.717) is 30.9 Å². The van der Waals surface area contributed by atoms with Gasteiger partial charge < -0.3 is 15.5 Å². The summed E-state index contributed by atoms with van der Waals surface area (Å²) < 4.78 is 1.90. The Kier molecular flexibility index (Phi) is 5.15. The monoisotopic (exact) mass is 444 g/mol. The van der Waals surface area contributed by atoms with Crippen LogP contribution in [0.4, 0.5) is 5.82 Å². The molecule has 2 aliphatic rings. The molecular formula is C25H28N6O2. The summed E-state index contributed by atoms with van der Waals surface area (Å²) in [5, 5.41) is 4.47. The molecule has 0 fully saturated rings. The minimum Gasteiger partial charge on any atom is -0.364 e. The van der Waals surface area contributed by atoms with Crippen LogP contribution in [0.3, 0.4) is 0 Å². The number of carbonyl (C=O) groups is 2. The summed E-state index contributed by atoms with van der Waals surface area (Å²) in [5.74, 6) is 0.244. The molecule has 2 amide bonds. The minimum absolute atomic E-state index is 0.0141. The quantitative estimate of drug-likeness (QED) is 0.667. The van der Waals surface area contributed by atoms with E-state index in [1.54, 1.807) is 6.20 Å². The van der Waals surface area contributed by atoms with E-state index in [9.17, 15) is 9.59 Å². The molecule has 5 rings (SSSR count). The lowest BCUT2D eigenvalue weighted by atomic mass is 10.0. The Balaban J connectivity index is 1.34.